The lowest BCUT2D eigenvalue weighted by Crippen LogP contribution is -2.53. The number of aromatic nitrogens is 2. The van der Waals surface area contributed by atoms with Crippen LogP contribution in [-0.2, 0) is 16.0 Å². The van der Waals surface area contributed by atoms with E-state index in [0.717, 1.165) is 44.2 Å². The minimum atomic E-state index is 0.123. The predicted molar refractivity (Wildman–Crippen MR) is 104 cm³/mol. The Labute approximate surface area is 160 Å². The van der Waals surface area contributed by atoms with Crippen LogP contribution in [0.25, 0.3) is 5.69 Å². The molecule has 2 aliphatic rings. The van der Waals surface area contributed by atoms with E-state index in [1.807, 2.05) is 30.2 Å². The number of nitrogens with one attached hydrogen (secondary N) is 1. The summed E-state index contributed by atoms with van der Waals surface area (Å²) < 4.78 is 13.8. The Balaban J connectivity index is 1.41. The second-order valence-corrected chi connectivity index (χ2v) is 6.91. The van der Waals surface area contributed by atoms with Crippen molar-refractivity contribution in [2.75, 3.05) is 33.4 Å². The SMILES string of the molecule is CN=C(NCc1ccccc1-n1ccnc1)N1CCOC(C2CCCO2)C1. The Morgan fingerprint density at radius 3 is 2.93 bits per heavy atom. The number of ether oxygens (including phenoxy) is 2. The van der Waals surface area contributed by atoms with Crippen LogP contribution in [0.5, 0.6) is 0 Å². The molecule has 2 saturated heterocycles. The van der Waals surface area contributed by atoms with Crippen molar-refractivity contribution >= 4 is 5.96 Å². The van der Waals surface area contributed by atoms with E-state index in [9.17, 15) is 0 Å². The Morgan fingerprint density at radius 1 is 1.26 bits per heavy atom. The molecule has 4 rings (SSSR count). The third kappa shape index (κ3) is 4.14. The van der Waals surface area contributed by atoms with E-state index in [1.165, 1.54) is 5.56 Å². The number of para-hydroxylation sites is 1. The number of rotatable bonds is 4. The lowest BCUT2D eigenvalue weighted by molar-refractivity contribution is -0.0817. The summed E-state index contributed by atoms with van der Waals surface area (Å²) >= 11 is 0. The number of morpholine rings is 1. The third-order valence-corrected chi connectivity index (χ3v) is 5.20. The minimum Gasteiger partial charge on any atom is -0.375 e. The van der Waals surface area contributed by atoms with Crippen molar-refractivity contribution in [3.63, 3.8) is 0 Å². The van der Waals surface area contributed by atoms with E-state index in [-0.39, 0.29) is 12.2 Å². The number of guanidine groups is 1. The first kappa shape index (κ1) is 18.0. The molecule has 2 aromatic rings. The number of benzene rings is 1. The highest BCUT2D eigenvalue weighted by atomic mass is 16.5. The van der Waals surface area contributed by atoms with Crippen molar-refractivity contribution < 1.29 is 9.47 Å². The van der Waals surface area contributed by atoms with Gasteiger partial charge in [0.2, 0.25) is 0 Å². The van der Waals surface area contributed by atoms with Crippen LogP contribution in [0.1, 0.15) is 18.4 Å². The molecule has 1 N–H and O–H groups in total. The smallest absolute Gasteiger partial charge is 0.194 e. The van der Waals surface area contributed by atoms with Gasteiger partial charge in [-0.2, -0.15) is 0 Å². The van der Waals surface area contributed by atoms with Gasteiger partial charge in [0.1, 0.15) is 6.10 Å². The molecule has 0 amide bonds. The minimum absolute atomic E-state index is 0.123. The van der Waals surface area contributed by atoms with Gasteiger partial charge >= 0.3 is 0 Å². The third-order valence-electron chi connectivity index (χ3n) is 5.20. The summed E-state index contributed by atoms with van der Waals surface area (Å²) in [7, 11) is 1.83. The Kier molecular flexibility index (Phi) is 5.69. The van der Waals surface area contributed by atoms with Crippen LogP contribution >= 0.6 is 0 Å². The molecule has 2 unspecified atom stereocenters. The monoisotopic (exact) mass is 369 g/mol. The van der Waals surface area contributed by atoms with Gasteiger partial charge in [-0.05, 0) is 24.5 Å². The Morgan fingerprint density at radius 2 is 2.15 bits per heavy atom. The van der Waals surface area contributed by atoms with Gasteiger partial charge in [0.05, 0.1) is 24.7 Å². The first-order valence-electron chi connectivity index (χ1n) is 9.60. The molecule has 1 aromatic carbocycles. The predicted octanol–water partition coefficient (Wildman–Crippen LogP) is 1.83. The summed E-state index contributed by atoms with van der Waals surface area (Å²) in [6.45, 7) is 3.90. The molecule has 1 aromatic heterocycles. The Hall–Kier alpha value is -2.38. The van der Waals surface area contributed by atoms with Crippen LogP contribution in [0, 0.1) is 0 Å². The molecule has 0 aliphatic carbocycles. The van der Waals surface area contributed by atoms with Gasteiger partial charge in [-0.3, -0.25) is 4.99 Å². The number of aliphatic imine (C=N–C) groups is 1. The number of nitrogens with zero attached hydrogens (tertiary/aromatic N) is 4. The molecular formula is C20H27N5O2. The van der Waals surface area contributed by atoms with Crippen LogP contribution in [-0.4, -0.2) is 66.0 Å². The lowest BCUT2D eigenvalue weighted by Gasteiger charge is -2.37. The van der Waals surface area contributed by atoms with E-state index in [4.69, 9.17) is 9.47 Å². The maximum atomic E-state index is 5.96. The molecular weight excluding hydrogens is 342 g/mol. The van der Waals surface area contributed by atoms with Gasteiger partial charge in [-0.25, -0.2) is 4.98 Å². The van der Waals surface area contributed by atoms with Crippen molar-refractivity contribution in [1.82, 2.24) is 19.8 Å². The molecule has 0 saturated carbocycles. The van der Waals surface area contributed by atoms with E-state index in [1.54, 1.807) is 6.20 Å². The summed E-state index contributed by atoms with van der Waals surface area (Å²) in [5.41, 5.74) is 2.32. The molecule has 144 valence electrons. The average molecular weight is 369 g/mol. The van der Waals surface area contributed by atoms with E-state index in [2.05, 4.69) is 38.4 Å². The zero-order valence-corrected chi connectivity index (χ0v) is 15.8. The molecule has 2 aliphatic heterocycles. The summed E-state index contributed by atoms with van der Waals surface area (Å²) in [4.78, 5) is 10.9. The molecule has 0 bridgehead atoms. The summed E-state index contributed by atoms with van der Waals surface area (Å²) in [5, 5.41) is 3.51. The molecule has 2 fully saturated rings. The van der Waals surface area contributed by atoms with Gasteiger partial charge in [0, 0.05) is 45.7 Å². The maximum Gasteiger partial charge on any atom is 0.194 e. The van der Waals surface area contributed by atoms with Gasteiger partial charge in [-0.15, -0.1) is 0 Å². The number of imidazole rings is 1. The highest BCUT2D eigenvalue weighted by molar-refractivity contribution is 5.80. The molecule has 7 nitrogen and oxygen atoms in total. The Bertz CT molecular complexity index is 755. The summed E-state index contributed by atoms with van der Waals surface area (Å²) in [5.74, 6) is 0.904. The quantitative estimate of drug-likeness (QED) is 0.658. The fourth-order valence-corrected chi connectivity index (χ4v) is 3.81. The van der Waals surface area contributed by atoms with Crippen molar-refractivity contribution in [1.29, 1.82) is 0 Å². The van der Waals surface area contributed by atoms with Crippen LogP contribution in [0.4, 0.5) is 0 Å². The highest BCUT2D eigenvalue weighted by Gasteiger charge is 2.32. The van der Waals surface area contributed by atoms with Crippen LogP contribution in [0.15, 0.2) is 48.0 Å². The normalized spacial score (nSPS) is 23.6. The molecule has 0 radical (unpaired) electrons. The second-order valence-electron chi connectivity index (χ2n) is 6.91. The summed E-state index contributed by atoms with van der Waals surface area (Å²) in [6, 6.07) is 8.33. The number of hydrogen-bond acceptors (Lipinski definition) is 4. The lowest BCUT2D eigenvalue weighted by atomic mass is 10.1. The van der Waals surface area contributed by atoms with Crippen LogP contribution in [0.2, 0.25) is 0 Å². The number of hydrogen-bond donors (Lipinski definition) is 1. The zero-order chi connectivity index (χ0) is 18.5. The topological polar surface area (TPSA) is 63.9 Å². The van der Waals surface area contributed by atoms with E-state index < -0.39 is 0 Å². The van der Waals surface area contributed by atoms with Crippen molar-refractivity contribution in [2.45, 2.75) is 31.6 Å². The molecule has 0 spiro atoms. The first-order chi connectivity index (χ1) is 13.3. The van der Waals surface area contributed by atoms with E-state index in [0.29, 0.717) is 13.2 Å². The standard InChI is InChI=1S/C20H27N5O2/c1-21-20(24-10-12-27-19(14-24)18-7-4-11-26-18)23-13-16-5-2-3-6-17(16)25-9-8-22-15-25/h2-3,5-6,8-9,15,18-19H,4,7,10-14H2,1H3,(H,21,23). The van der Waals surface area contributed by atoms with Gasteiger partial charge < -0.3 is 24.3 Å². The zero-order valence-electron chi connectivity index (χ0n) is 15.8. The van der Waals surface area contributed by atoms with E-state index >= 15 is 0 Å². The van der Waals surface area contributed by atoms with Crippen LogP contribution in [0.3, 0.4) is 0 Å². The van der Waals surface area contributed by atoms with Crippen molar-refractivity contribution in [2.24, 2.45) is 4.99 Å². The fraction of sp³-hybridized carbons (Fsp3) is 0.500. The molecule has 7 heteroatoms. The van der Waals surface area contributed by atoms with Gasteiger partial charge in [-0.1, -0.05) is 18.2 Å². The van der Waals surface area contributed by atoms with Crippen LogP contribution < -0.4 is 5.32 Å². The maximum absolute atomic E-state index is 5.96. The molecule has 3 heterocycles. The van der Waals surface area contributed by atoms with Gasteiger partial charge in [0.15, 0.2) is 5.96 Å². The second kappa shape index (κ2) is 8.54. The largest absolute Gasteiger partial charge is 0.375 e. The van der Waals surface area contributed by atoms with Crippen molar-refractivity contribution in [3.05, 3.63) is 48.5 Å². The van der Waals surface area contributed by atoms with Crippen molar-refractivity contribution in [3.8, 4) is 5.69 Å². The first-order valence-corrected chi connectivity index (χ1v) is 9.60. The fourth-order valence-electron chi connectivity index (χ4n) is 3.81. The molecule has 2 atom stereocenters. The summed E-state index contributed by atoms with van der Waals surface area (Å²) in [6.07, 6.45) is 8.13. The molecule has 27 heavy (non-hydrogen) atoms. The van der Waals surface area contributed by atoms with Gasteiger partial charge in [0.25, 0.3) is 0 Å². The highest BCUT2D eigenvalue weighted by Crippen LogP contribution is 2.21. The average Bonchev–Trinajstić information content (AvgIpc) is 3.43.